The molecule has 2 heterocycles. The third-order valence-electron chi connectivity index (χ3n) is 5.49. The molecule has 2 saturated heterocycles. The molecular weight excluding hydrogens is 423 g/mol. The van der Waals surface area contributed by atoms with Gasteiger partial charge in [-0.1, -0.05) is 23.2 Å². The molecule has 2 fully saturated rings. The normalized spacial score (nSPS) is 20.5. The van der Waals surface area contributed by atoms with Gasteiger partial charge in [0.05, 0.1) is 35.2 Å². The topological polar surface area (TPSA) is 78.8 Å². The van der Waals surface area contributed by atoms with Crippen LogP contribution in [-0.4, -0.2) is 74.5 Å². The molecule has 2 N–H and O–H groups in total. The SMILES string of the molecule is C=Nc1cc(N2CCN(C3(C)COC3)CC2)c(Cl)cc1C=N/C(=C/N)C(Cl)=NCC. The van der Waals surface area contributed by atoms with Gasteiger partial charge in [-0.05, 0) is 32.7 Å². The molecule has 0 aromatic heterocycles. The minimum absolute atomic E-state index is 0.167. The highest BCUT2D eigenvalue weighted by Crippen LogP contribution is 2.35. The van der Waals surface area contributed by atoms with Crippen molar-refractivity contribution in [3.8, 4) is 0 Å². The predicted molar refractivity (Wildman–Crippen MR) is 127 cm³/mol. The standard InChI is InChI=1S/C21H28Cl2N6O/c1-4-26-20(23)18(11-24)27-12-15-9-16(22)19(10-17(15)25-3)28-5-7-29(8-6-28)21(2)13-30-14-21/h9-12H,3-8,13-14,24H2,1-2H3/b18-11+,26-20?,27-12?. The lowest BCUT2D eigenvalue weighted by molar-refractivity contribution is -0.131. The van der Waals surface area contributed by atoms with Gasteiger partial charge in [-0.2, -0.15) is 0 Å². The summed E-state index contributed by atoms with van der Waals surface area (Å²) in [6, 6.07) is 3.80. The van der Waals surface area contributed by atoms with Gasteiger partial charge in [0.2, 0.25) is 0 Å². The van der Waals surface area contributed by atoms with E-state index in [0.29, 0.717) is 23.0 Å². The van der Waals surface area contributed by atoms with E-state index in [1.165, 1.54) is 6.20 Å². The smallest absolute Gasteiger partial charge is 0.151 e. The van der Waals surface area contributed by atoms with Gasteiger partial charge in [-0.25, -0.2) is 0 Å². The first-order valence-corrected chi connectivity index (χ1v) is 10.7. The number of aliphatic imine (C=N–C) groups is 3. The molecule has 9 heteroatoms. The lowest BCUT2D eigenvalue weighted by Crippen LogP contribution is -2.64. The minimum atomic E-state index is 0.167. The van der Waals surface area contributed by atoms with E-state index in [-0.39, 0.29) is 10.7 Å². The first-order valence-electron chi connectivity index (χ1n) is 9.96. The second-order valence-electron chi connectivity index (χ2n) is 7.56. The maximum absolute atomic E-state index is 6.63. The van der Waals surface area contributed by atoms with Crippen molar-refractivity contribution in [2.75, 3.05) is 50.8 Å². The second-order valence-corrected chi connectivity index (χ2v) is 8.32. The minimum Gasteiger partial charge on any atom is -0.403 e. The summed E-state index contributed by atoms with van der Waals surface area (Å²) in [4.78, 5) is 17.4. The van der Waals surface area contributed by atoms with E-state index >= 15 is 0 Å². The maximum atomic E-state index is 6.63. The van der Waals surface area contributed by atoms with Crippen molar-refractivity contribution in [2.45, 2.75) is 19.4 Å². The molecule has 162 valence electrons. The first-order chi connectivity index (χ1) is 14.4. The van der Waals surface area contributed by atoms with Gasteiger partial charge in [-0.15, -0.1) is 0 Å². The number of benzene rings is 1. The Morgan fingerprint density at radius 2 is 2.00 bits per heavy atom. The number of hydrogen-bond donors (Lipinski definition) is 1. The molecule has 0 radical (unpaired) electrons. The number of nitrogens with zero attached hydrogens (tertiary/aromatic N) is 5. The van der Waals surface area contributed by atoms with Gasteiger partial charge in [0, 0.05) is 50.7 Å². The van der Waals surface area contributed by atoms with Gasteiger partial charge >= 0.3 is 0 Å². The van der Waals surface area contributed by atoms with E-state index in [9.17, 15) is 0 Å². The van der Waals surface area contributed by atoms with Crippen LogP contribution in [0.1, 0.15) is 19.4 Å². The number of piperazine rings is 1. The lowest BCUT2D eigenvalue weighted by Gasteiger charge is -2.50. The zero-order valence-corrected chi connectivity index (χ0v) is 19.0. The van der Waals surface area contributed by atoms with E-state index in [4.69, 9.17) is 33.7 Å². The molecule has 0 spiro atoms. The molecule has 0 aliphatic carbocycles. The zero-order valence-electron chi connectivity index (χ0n) is 17.4. The average molecular weight is 451 g/mol. The molecular formula is C21H28Cl2N6O. The summed E-state index contributed by atoms with van der Waals surface area (Å²) in [5.41, 5.74) is 8.56. The summed E-state index contributed by atoms with van der Waals surface area (Å²) >= 11 is 12.7. The number of allylic oxidation sites excluding steroid dienone is 1. The number of nitrogens with two attached hydrogens (primary N) is 1. The second kappa shape index (κ2) is 9.92. The fourth-order valence-corrected chi connectivity index (χ4v) is 4.16. The van der Waals surface area contributed by atoms with Crippen LogP contribution < -0.4 is 10.6 Å². The molecule has 1 aromatic rings. The van der Waals surface area contributed by atoms with Gasteiger partial charge < -0.3 is 15.4 Å². The molecule has 0 saturated carbocycles. The number of rotatable bonds is 7. The Hall–Kier alpha value is -1.93. The molecule has 30 heavy (non-hydrogen) atoms. The van der Waals surface area contributed by atoms with Gasteiger partial charge in [0.25, 0.3) is 0 Å². The Morgan fingerprint density at radius 3 is 2.53 bits per heavy atom. The summed E-state index contributed by atoms with van der Waals surface area (Å²) in [7, 11) is 0. The quantitative estimate of drug-likeness (QED) is 0.644. The van der Waals surface area contributed by atoms with E-state index in [1.54, 1.807) is 6.21 Å². The van der Waals surface area contributed by atoms with E-state index in [1.807, 2.05) is 19.1 Å². The highest BCUT2D eigenvalue weighted by molar-refractivity contribution is 6.69. The predicted octanol–water partition coefficient (Wildman–Crippen LogP) is 3.46. The fraction of sp³-hybridized carbons (Fsp3) is 0.476. The van der Waals surface area contributed by atoms with Gasteiger partial charge in [0.1, 0.15) is 5.70 Å². The number of halogens is 2. The Labute approximate surface area is 187 Å². The Balaban J connectivity index is 1.77. The van der Waals surface area contributed by atoms with Crippen LogP contribution in [0.3, 0.4) is 0 Å². The van der Waals surface area contributed by atoms with Crippen molar-refractivity contribution in [1.29, 1.82) is 0 Å². The summed E-state index contributed by atoms with van der Waals surface area (Å²) in [5.74, 6) is 0. The van der Waals surface area contributed by atoms with Crippen molar-refractivity contribution < 1.29 is 4.74 Å². The number of anilines is 1. The molecule has 0 atom stereocenters. The van der Waals surface area contributed by atoms with Crippen LogP contribution in [0, 0.1) is 0 Å². The van der Waals surface area contributed by atoms with Crippen molar-refractivity contribution in [2.24, 2.45) is 20.7 Å². The van der Waals surface area contributed by atoms with Crippen molar-refractivity contribution in [3.63, 3.8) is 0 Å². The van der Waals surface area contributed by atoms with Crippen LogP contribution in [0.5, 0.6) is 0 Å². The van der Waals surface area contributed by atoms with Crippen LogP contribution >= 0.6 is 23.2 Å². The third-order valence-corrected chi connectivity index (χ3v) is 6.10. The summed E-state index contributed by atoms with van der Waals surface area (Å²) in [6.07, 6.45) is 2.95. The highest BCUT2D eigenvalue weighted by Gasteiger charge is 2.40. The largest absolute Gasteiger partial charge is 0.403 e. The van der Waals surface area contributed by atoms with Crippen molar-refractivity contribution in [1.82, 2.24) is 4.90 Å². The zero-order chi connectivity index (χ0) is 21.7. The van der Waals surface area contributed by atoms with E-state index in [2.05, 4.69) is 38.4 Å². The first kappa shape index (κ1) is 22.7. The molecule has 3 rings (SSSR count). The highest BCUT2D eigenvalue weighted by atomic mass is 35.5. The third kappa shape index (κ3) is 4.86. The van der Waals surface area contributed by atoms with Gasteiger partial charge in [-0.3, -0.25) is 19.9 Å². The molecule has 2 aliphatic rings. The van der Waals surface area contributed by atoms with Crippen LogP contribution in [0.15, 0.2) is 39.0 Å². The summed E-state index contributed by atoms with van der Waals surface area (Å²) in [5, 5.41) is 0.901. The Morgan fingerprint density at radius 1 is 1.30 bits per heavy atom. The Kier molecular flexibility index (Phi) is 7.52. The fourth-order valence-electron chi connectivity index (χ4n) is 3.64. The van der Waals surface area contributed by atoms with Gasteiger partial charge in [0.15, 0.2) is 5.17 Å². The van der Waals surface area contributed by atoms with E-state index in [0.717, 1.165) is 50.6 Å². The molecule has 0 bridgehead atoms. The Bertz CT molecular complexity index is 870. The number of hydrogen-bond acceptors (Lipinski definition) is 7. The van der Waals surface area contributed by atoms with E-state index < -0.39 is 0 Å². The molecule has 0 unspecified atom stereocenters. The average Bonchev–Trinajstić information content (AvgIpc) is 2.73. The van der Waals surface area contributed by atoms with Crippen LogP contribution in [0.2, 0.25) is 5.02 Å². The van der Waals surface area contributed by atoms with Crippen LogP contribution in [0.25, 0.3) is 0 Å². The number of ether oxygens (including phenoxy) is 1. The van der Waals surface area contributed by atoms with Crippen LogP contribution in [0.4, 0.5) is 11.4 Å². The van der Waals surface area contributed by atoms with Crippen molar-refractivity contribution in [3.05, 3.63) is 34.6 Å². The summed E-state index contributed by atoms with van der Waals surface area (Å²) < 4.78 is 5.41. The van der Waals surface area contributed by atoms with Crippen LogP contribution in [-0.2, 0) is 4.74 Å². The molecule has 2 aliphatic heterocycles. The molecule has 7 nitrogen and oxygen atoms in total. The monoisotopic (exact) mass is 450 g/mol. The summed E-state index contributed by atoms with van der Waals surface area (Å²) in [6.45, 7) is 13.7. The lowest BCUT2D eigenvalue weighted by atomic mass is 9.97. The maximum Gasteiger partial charge on any atom is 0.151 e. The molecule has 1 aromatic carbocycles. The van der Waals surface area contributed by atoms with Crippen molar-refractivity contribution >= 4 is 52.7 Å². The molecule has 0 amide bonds.